The van der Waals surface area contributed by atoms with Crippen LogP contribution in [0.2, 0.25) is 5.02 Å². The van der Waals surface area contributed by atoms with E-state index in [0.717, 1.165) is 22.8 Å². The number of likely N-dealkylation sites (N-methyl/N-ethyl adjacent to an activating group) is 1. The van der Waals surface area contributed by atoms with Crippen molar-refractivity contribution in [2.45, 2.75) is 63.5 Å². The fourth-order valence-corrected chi connectivity index (χ4v) is 4.03. The highest BCUT2D eigenvalue weighted by molar-refractivity contribution is 6.31. The van der Waals surface area contributed by atoms with Gasteiger partial charge in [-0.25, -0.2) is 0 Å². The van der Waals surface area contributed by atoms with Gasteiger partial charge in [-0.1, -0.05) is 37.3 Å². The maximum Gasteiger partial charge on any atom is 0.0847 e. The van der Waals surface area contributed by atoms with Crippen molar-refractivity contribution < 1.29 is 0 Å². The Morgan fingerprint density at radius 3 is 2.29 bits per heavy atom. The van der Waals surface area contributed by atoms with Crippen molar-refractivity contribution in [2.24, 2.45) is 12.8 Å². The number of hydrogen-bond acceptors (Lipinski definition) is 3. The third-order valence-corrected chi connectivity index (χ3v) is 5.72. The average Bonchev–Trinajstić information content (AvgIpc) is 2.66. The Balaban J connectivity index is 2.24. The maximum absolute atomic E-state index is 6.69. The lowest BCUT2D eigenvalue weighted by molar-refractivity contribution is 0.0960. The molecule has 1 heterocycles. The van der Waals surface area contributed by atoms with Crippen LogP contribution in [0.15, 0.2) is 0 Å². The molecule has 5 heteroatoms. The summed E-state index contributed by atoms with van der Waals surface area (Å²) >= 11 is 6.40. The molecule has 0 spiro atoms. The fraction of sp³-hybridized carbons (Fsp3) is 0.812. The van der Waals surface area contributed by atoms with Gasteiger partial charge in [0.15, 0.2) is 0 Å². The van der Waals surface area contributed by atoms with E-state index in [0.29, 0.717) is 0 Å². The van der Waals surface area contributed by atoms with Crippen molar-refractivity contribution in [3.63, 3.8) is 0 Å². The zero-order valence-corrected chi connectivity index (χ0v) is 14.6. The first kappa shape index (κ1) is 16.8. The van der Waals surface area contributed by atoms with Crippen molar-refractivity contribution in [3.8, 4) is 0 Å². The molecule has 1 aromatic heterocycles. The van der Waals surface area contributed by atoms with Crippen LogP contribution in [0.1, 0.15) is 49.9 Å². The molecule has 120 valence electrons. The predicted octanol–water partition coefficient (Wildman–Crippen LogP) is 2.91. The third kappa shape index (κ3) is 3.27. The van der Waals surface area contributed by atoms with Crippen molar-refractivity contribution in [1.82, 2.24) is 14.7 Å². The molecule has 1 aromatic rings. The Kier molecular flexibility index (Phi) is 5.33. The molecule has 0 aliphatic heterocycles. The molecular weight excluding hydrogens is 284 g/mol. The number of nitrogens with zero attached hydrogens (tertiary/aromatic N) is 3. The summed E-state index contributed by atoms with van der Waals surface area (Å²) in [7, 11) is 6.29. The summed E-state index contributed by atoms with van der Waals surface area (Å²) in [5.41, 5.74) is 8.72. The van der Waals surface area contributed by atoms with Gasteiger partial charge < -0.3 is 10.6 Å². The number of aryl methyl sites for hydroxylation is 2. The molecule has 1 aliphatic rings. The Hall–Kier alpha value is -0.580. The van der Waals surface area contributed by atoms with Gasteiger partial charge in [-0.3, -0.25) is 4.68 Å². The number of rotatable bonds is 4. The van der Waals surface area contributed by atoms with Crippen LogP contribution in [0.25, 0.3) is 0 Å². The summed E-state index contributed by atoms with van der Waals surface area (Å²) in [6, 6.07) is 0.0814. The highest BCUT2D eigenvalue weighted by Crippen LogP contribution is 2.35. The van der Waals surface area contributed by atoms with E-state index in [1.54, 1.807) is 0 Å². The molecule has 1 aliphatic carbocycles. The van der Waals surface area contributed by atoms with Gasteiger partial charge in [-0.15, -0.1) is 0 Å². The molecule has 4 nitrogen and oxygen atoms in total. The second-order valence-corrected chi connectivity index (χ2v) is 7.07. The third-order valence-electron chi connectivity index (χ3n) is 5.23. The summed E-state index contributed by atoms with van der Waals surface area (Å²) in [5.74, 6) is 0. The van der Waals surface area contributed by atoms with Crippen molar-refractivity contribution >= 4 is 11.6 Å². The standard InChI is InChI=1S/C16H29ClN4/c1-12-15(17)13(21(4)19-12)11-14(18)16(20(2)3)9-7-5-6-8-10-16/h14H,5-11,18H2,1-4H3. The fourth-order valence-electron chi connectivity index (χ4n) is 3.79. The molecule has 2 rings (SSSR count). The van der Waals surface area contributed by atoms with E-state index in [9.17, 15) is 0 Å². The SMILES string of the molecule is Cc1nn(C)c(CC(N)C2(N(C)C)CCCCCC2)c1Cl. The number of halogens is 1. The van der Waals surface area contributed by atoms with Gasteiger partial charge in [-0.2, -0.15) is 5.10 Å². The summed E-state index contributed by atoms with van der Waals surface area (Å²) in [6.45, 7) is 1.95. The average molecular weight is 313 g/mol. The van der Waals surface area contributed by atoms with E-state index >= 15 is 0 Å². The van der Waals surface area contributed by atoms with Crippen LogP contribution in [0.5, 0.6) is 0 Å². The second-order valence-electron chi connectivity index (χ2n) is 6.69. The van der Waals surface area contributed by atoms with E-state index < -0.39 is 0 Å². The molecule has 1 unspecified atom stereocenters. The Bertz CT molecular complexity index is 473. The Morgan fingerprint density at radius 1 is 1.29 bits per heavy atom. The molecule has 1 fully saturated rings. The van der Waals surface area contributed by atoms with Crippen LogP contribution >= 0.6 is 11.6 Å². The highest BCUT2D eigenvalue weighted by Gasteiger charge is 2.39. The molecule has 0 aromatic carbocycles. The molecule has 1 saturated carbocycles. The van der Waals surface area contributed by atoms with Gasteiger partial charge in [0.2, 0.25) is 0 Å². The van der Waals surface area contributed by atoms with Crippen molar-refractivity contribution in [1.29, 1.82) is 0 Å². The van der Waals surface area contributed by atoms with Crippen molar-refractivity contribution in [3.05, 3.63) is 16.4 Å². The molecule has 0 saturated heterocycles. The van der Waals surface area contributed by atoms with Crippen LogP contribution in [0, 0.1) is 6.92 Å². The van der Waals surface area contributed by atoms with Gasteiger partial charge in [0.25, 0.3) is 0 Å². The first-order valence-electron chi connectivity index (χ1n) is 7.99. The minimum Gasteiger partial charge on any atom is -0.326 e. The lowest BCUT2D eigenvalue weighted by Gasteiger charge is -2.44. The first-order chi connectivity index (χ1) is 9.88. The smallest absolute Gasteiger partial charge is 0.0847 e. The van der Waals surface area contributed by atoms with Crippen LogP contribution in [-0.4, -0.2) is 40.4 Å². The molecule has 0 radical (unpaired) electrons. The summed E-state index contributed by atoms with van der Waals surface area (Å²) in [4.78, 5) is 2.35. The summed E-state index contributed by atoms with van der Waals surface area (Å²) in [5, 5.41) is 5.18. The molecule has 0 bridgehead atoms. The Labute approximate surface area is 133 Å². The zero-order chi connectivity index (χ0) is 15.6. The highest BCUT2D eigenvalue weighted by atomic mass is 35.5. The van der Waals surface area contributed by atoms with Gasteiger partial charge in [0, 0.05) is 25.0 Å². The number of nitrogens with two attached hydrogens (primary N) is 1. The monoisotopic (exact) mass is 312 g/mol. The minimum absolute atomic E-state index is 0.0814. The molecule has 2 N–H and O–H groups in total. The lowest BCUT2D eigenvalue weighted by atomic mass is 9.79. The van der Waals surface area contributed by atoms with Gasteiger partial charge in [0.05, 0.1) is 16.4 Å². The van der Waals surface area contributed by atoms with Gasteiger partial charge in [-0.05, 0) is 33.9 Å². The quantitative estimate of drug-likeness (QED) is 0.870. The summed E-state index contributed by atoms with van der Waals surface area (Å²) < 4.78 is 1.89. The van der Waals surface area contributed by atoms with Crippen LogP contribution < -0.4 is 5.73 Å². The second kappa shape index (κ2) is 6.67. The van der Waals surface area contributed by atoms with E-state index in [1.807, 2.05) is 18.7 Å². The molecule has 1 atom stereocenters. The largest absolute Gasteiger partial charge is 0.326 e. The number of hydrogen-bond donors (Lipinski definition) is 1. The maximum atomic E-state index is 6.69. The molecule has 21 heavy (non-hydrogen) atoms. The molecular formula is C16H29ClN4. The van der Waals surface area contributed by atoms with Crippen molar-refractivity contribution in [2.75, 3.05) is 14.1 Å². The normalized spacial score (nSPS) is 20.5. The summed E-state index contributed by atoms with van der Waals surface area (Å²) in [6.07, 6.45) is 8.33. The lowest BCUT2D eigenvalue weighted by Crippen LogP contribution is -2.58. The molecule has 0 amide bonds. The number of aromatic nitrogens is 2. The van der Waals surface area contributed by atoms with Crippen LogP contribution in [-0.2, 0) is 13.5 Å². The predicted molar refractivity (Wildman–Crippen MR) is 88.8 cm³/mol. The topological polar surface area (TPSA) is 47.1 Å². The van der Waals surface area contributed by atoms with Gasteiger partial charge in [0.1, 0.15) is 0 Å². The van der Waals surface area contributed by atoms with E-state index in [2.05, 4.69) is 24.1 Å². The van der Waals surface area contributed by atoms with Gasteiger partial charge >= 0.3 is 0 Å². The van der Waals surface area contributed by atoms with Crippen LogP contribution in [0.3, 0.4) is 0 Å². The minimum atomic E-state index is 0.0814. The van der Waals surface area contributed by atoms with E-state index in [-0.39, 0.29) is 11.6 Å². The van der Waals surface area contributed by atoms with E-state index in [4.69, 9.17) is 17.3 Å². The van der Waals surface area contributed by atoms with Crippen LogP contribution in [0.4, 0.5) is 0 Å². The van der Waals surface area contributed by atoms with E-state index in [1.165, 1.54) is 38.5 Å². The Morgan fingerprint density at radius 2 is 1.86 bits per heavy atom. The zero-order valence-electron chi connectivity index (χ0n) is 13.8. The first-order valence-corrected chi connectivity index (χ1v) is 8.37.